The molecule has 0 aliphatic rings. The fourth-order valence-corrected chi connectivity index (χ4v) is 2.30. The molecule has 4 nitrogen and oxygen atoms in total. The van der Waals surface area contributed by atoms with Crippen LogP contribution in [0.5, 0.6) is 5.75 Å². The van der Waals surface area contributed by atoms with Gasteiger partial charge in [-0.1, -0.05) is 6.07 Å². The van der Waals surface area contributed by atoms with E-state index in [-0.39, 0.29) is 12.5 Å². The van der Waals surface area contributed by atoms with E-state index >= 15 is 0 Å². The molecule has 0 aliphatic heterocycles. The summed E-state index contributed by atoms with van der Waals surface area (Å²) >= 11 is 0. The van der Waals surface area contributed by atoms with Crippen LogP contribution < -0.4 is 10.1 Å². The highest BCUT2D eigenvalue weighted by molar-refractivity contribution is 5.94. The van der Waals surface area contributed by atoms with Crippen molar-refractivity contribution in [3.8, 4) is 5.75 Å². The first kappa shape index (κ1) is 18.9. The molecule has 25 heavy (non-hydrogen) atoms. The first-order valence-electron chi connectivity index (χ1n) is 8.08. The Morgan fingerprint density at radius 1 is 1.20 bits per heavy atom. The average Bonchev–Trinajstić information content (AvgIpc) is 2.58. The van der Waals surface area contributed by atoms with E-state index in [1.165, 1.54) is 12.1 Å². The lowest BCUT2D eigenvalue weighted by atomic mass is 10.1. The number of rotatable bonds is 7. The molecule has 6 heteroatoms. The van der Waals surface area contributed by atoms with Gasteiger partial charge in [-0.3, -0.25) is 9.69 Å². The lowest BCUT2D eigenvalue weighted by molar-refractivity contribution is -0.120. The van der Waals surface area contributed by atoms with Gasteiger partial charge in [-0.2, -0.15) is 0 Å². The molecular formula is C19H22F2N2O2. The van der Waals surface area contributed by atoms with Crippen LogP contribution in [0, 0.1) is 11.6 Å². The van der Waals surface area contributed by atoms with Crippen molar-refractivity contribution in [2.24, 2.45) is 0 Å². The molecule has 0 radical (unpaired) electrons. The third-order valence-corrected chi connectivity index (χ3v) is 3.91. The Balaban J connectivity index is 1.96. The molecule has 0 spiro atoms. The van der Waals surface area contributed by atoms with E-state index in [2.05, 4.69) is 5.32 Å². The molecule has 2 aromatic carbocycles. The Labute approximate surface area is 146 Å². The van der Waals surface area contributed by atoms with Gasteiger partial charge in [0, 0.05) is 23.9 Å². The van der Waals surface area contributed by atoms with Crippen LogP contribution in [-0.4, -0.2) is 30.5 Å². The molecule has 1 atom stereocenters. The molecule has 0 aliphatic carbocycles. The van der Waals surface area contributed by atoms with Crippen molar-refractivity contribution in [1.82, 2.24) is 4.90 Å². The van der Waals surface area contributed by atoms with Crippen LogP contribution in [0.3, 0.4) is 0 Å². The van der Waals surface area contributed by atoms with Crippen LogP contribution >= 0.6 is 0 Å². The molecule has 0 bridgehead atoms. The van der Waals surface area contributed by atoms with E-state index in [4.69, 9.17) is 4.74 Å². The summed E-state index contributed by atoms with van der Waals surface area (Å²) in [6.07, 6.45) is 0. The quantitative estimate of drug-likeness (QED) is 0.827. The smallest absolute Gasteiger partial charge is 0.241 e. The number of hydrogen-bond acceptors (Lipinski definition) is 3. The standard InChI is InChI=1S/C19H22F2N2O2/c1-4-25-17-9-7-16(8-10-17)22-19(24)13(2)23(3)12-14-5-6-15(20)11-18(14)21/h5-11,13H,4,12H2,1-3H3,(H,22,24). The minimum absolute atomic E-state index is 0.198. The van der Waals surface area contributed by atoms with Crippen molar-refractivity contribution in [3.63, 3.8) is 0 Å². The van der Waals surface area contributed by atoms with Crippen LogP contribution in [0.25, 0.3) is 0 Å². The van der Waals surface area contributed by atoms with Crippen LogP contribution in [0.1, 0.15) is 19.4 Å². The minimum Gasteiger partial charge on any atom is -0.494 e. The first-order valence-corrected chi connectivity index (χ1v) is 8.08. The zero-order valence-corrected chi connectivity index (χ0v) is 14.6. The topological polar surface area (TPSA) is 41.6 Å². The van der Waals surface area contributed by atoms with Gasteiger partial charge in [0.2, 0.25) is 5.91 Å². The van der Waals surface area contributed by atoms with Crippen LogP contribution in [0.15, 0.2) is 42.5 Å². The van der Waals surface area contributed by atoms with E-state index in [9.17, 15) is 13.6 Å². The average molecular weight is 348 g/mol. The number of nitrogens with one attached hydrogen (secondary N) is 1. The summed E-state index contributed by atoms with van der Waals surface area (Å²) in [5.41, 5.74) is 0.992. The Bertz CT molecular complexity index is 720. The van der Waals surface area contributed by atoms with Crippen molar-refractivity contribution < 1.29 is 18.3 Å². The molecule has 0 saturated heterocycles. The zero-order chi connectivity index (χ0) is 18.4. The summed E-state index contributed by atoms with van der Waals surface area (Å²) < 4.78 is 32.1. The first-order chi connectivity index (χ1) is 11.9. The Morgan fingerprint density at radius 3 is 2.48 bits per heavy atom. The molecule has 0 heterocycles. The number of halogens is 2. The molecule has 0 fully saturated rings. The van der Waals surface area contributed by atoms with E-state index in [0.29, 0.717) is 17.9 Å². The second-order valence-corrected chi connectivity index (χ2v) is 5.77. The second kappa shape index (κ2) is 8.58. The number of benzene rings is 2. The Hall–Kier alpha value is -2.47. The van der Waals surface area contributed by atoms with Gasteiger partial charge in [-0.25, -0.2) is 8.78 Å². The SMILES string of the molecule is CCOc1ccc(NC(=O)C(C)N(C)Cc2ccc(F)cc2F)cc1. The molecule has 1 N–H and O–H groups in total. The predicted molar refractivity (Wildman–Crippen MR) is 93.5 cm³/mol. The number of ether oxygens (including phenoxy) is 1. The van der Waals surface area contributed by atoms with Crippen molar-refractivity contribution in [2.45, 2.75) is 26.4 Å². The van der Waals surface area contributed by atoms with Crippen molar-refractivity contribution in [2.75, 3.05) is 19.0 Å². The van der Waals surface area contributed by atoms with Gasteiger partial charge in [0.25, 0.3) is 0 Å². The Morgan fingerprint density at radius 2 is 1.88 bits per heavy atom. The number of carbonyl (C=O) groups excluding carboxylic acids is 1. The van der Waals surface area contributed by atoms with Crippen molar-refractivity contribution >= 4 is 11.6 Å². The van der Waals surface area contributed by atoms with Crippen LogP contribution in [0.2, 0.25) is 0 Å². The predicted octanol–water partition coefficient (Wildman–Crippen LogP) is 3.82. The van der Waals surface area contributed by atoms with Gasteiger partial charge in [-0.05, 0) is 51.2 Å². The summed E-state index contributed by atoms with van der Waals surface area (Å²) in [6, 6.07) is 10.0. The van der Waals surface area contributed by atoms with Gasteiger partial charge < -0.3 is 10.1 Å². The number of likely N-dealkylation sites (N-methyl/N-ethyl adjacent to an activating group) is 1. The summed E-state index contributed by atoms with van der Waals surface area (Å²) in [7, 11) is 1.71. The summed E-state index contributed by atoms with van der Waals surface area (Å²) in [5, 5.41) is 2.81. The maximum atomic E-state index is 13.7. The summed E-state index contributed by atoms with van der Waals surface area (Å²) in [5.74, 6) is -0.720. The van der Waals surface area contributed by atoms with Gasteiger partial charge in [-0.15, -0.1) is 0 Å². The zero-order valence-electron chi connectivity index (χ0n) is 14.6. The molecule has 1 unspecified atom stereocenters. The largest absolute Gasteiger partial charge is 0.494 e. The Kier molecular flexibility index (Phi) is 6.47. The number of amides is 1. The van der Waals surface area contributed by atoms with Crippen molar-refractivity contribution in [1.29, 1.82) is 0 Å². The van der Waals surface area contributed by atoms with E-state index < -0.39 is 17.7 Å². The highest BCUT2D eigenvalue weighted by atomic mass is 19.1. The minimum atomic E-state index is -0.620. The molecule has 2 rings (SSSR count). The number of carbonyl (C=O) groups is 1. The third-order valence-electron chi connectivity index (χ3n) is 3.91. The fraction of sp³-hybridized carbons (Fsp3) is 0.316. The van der Waals surface area contributed by atoms with Crippen LogP contribution in [0.4, 0.5) is 14.5 Å². The highest BCUT2D eigenvalue weighted by Gasteiger charge is 2.19. The lowest BCUT2D eigenvalue weighted by Crippen LogP contribution is -2.39. The number of anilines is 1. The van der Waals surface area contributed by atoms with E-state index in [1.807, 2.05) is 6.92 Å². The van der Waals surface area contributed by atoms with Crippen molar-refractivity contribution in [3.05, 3.63) is 59.7 Å². The van der Waals surface area contributed by atoms with Gasteiger partial charge in [0.1, 0.15) is 17.4 Å². The molecule has 0 saturated carbocycles. The second-order valence-electron chi connectivity index (χ2n) is 5.77. The number of hydrogen-bond donors (Lipinski definition) is 1. The van der Waals surface area contributed by atoms with E-state index in [1.54, 1.807) is 43.1 Å². The van der Waals surface area contributed by atoms with E-state index in [0.717, 1.165) is 11.8 Å². The molecule has 134 valence electrons. The third kappa shape index (κ3) is 5.26. The molecule has 1 amide bonds. The fourth-order valence-electron chi connectivity index (χ4n) is 2.30. The summed E-state index contributed by atoms with van der Waals surface area (Å²) in [6.45, 7) is 4.40. The van der Waals surface area contributed by atoms with Crippen LogP contribution in [-0.2, 0) is 11.3 Å². The summed E-state index contributed by atoms with van der Waals surface area (Å²) in [4.78, 5) is 14.1. The van der Waals surface area contributed by atoms with Gasteiger partial charge in [0.15, 0.2) is 0 Å². The normalized spacial score (nSPS) is 12.1. The van der Waals surface area contributed by atoms with Gasteiger partial charge in [0.05, 0.1) is 12.6 Å². The number of nitrogens with zero attached hydrogens (tertiary/aromatic N) is 1. The maximum Gasteiger partial charge on any atom is 0.241 e. The molecule has 0 aromatic heterocycles. The molecule has 2 aromatic rings. The maximum absolute atomic E-state index is 13.7. The van der Waals surface area contributed by atoms with Gasteiger partial charge >= 0.3 is 0 Å². The molecular weight excluding hydrogens is 326 g/mol. The monoisotopic (exact) mass is 348 g/mol. The lowest BCUT2D eigenvalue weighted by Gasteiger charge is -2.24. The highest BCUT2D eigenvalue weighted by Crippen LogP contribution is 2.17.